The van der Waals surface area contributed by atoms with E-state index in [4.69, 9.17) is 5.73 Å². The summed E-state index contributed by atoms with van der Waals surface area (Å²) in [7, 11) is 2.19. The molecule has 48 heavy (non-hydrogen) atoms. The van der Waals surface area contributed by atoms with Crippen molar-refractivity contribution in [3.05, 3.63) is 73.2 Å². The number of nitrogen functional groups attached to an aromatic ring is 1. The zero-order chi connectivity index (χ0) is 33.9. The fraction of sp³-hybridized carbons (Fsp3) is 0.528. The number of nitrogens with two attached hydrogens (primary N) is 1. The molecule has 0 radical (unpaired) electrons. The topological polar surface area (TPSA) is 120 Å². The maximum absolute atomic E-state index is 14.1. The number of imidazole rings is 1. The van der Waals surface area contributed by atoms with Crippen molar-refractivity contribution in [2.45, 2.75) is 64.0 Å². The summed E-state index contributed by atoms with van der Waals surface area (Å²) in [6, 6.07) is 12.7. The van der Waals surface area contributed by atoms with Gasteiger partial charge in [-0.2, -0.15) is 0 Å². The van der Waals surface area contributed by atoms with Crippen LogP contribution in [0.25, 0.3) is 11.3 Å². The molecule has 3 aliphatic rings. The van der Waals surface area contributed by atoms with E-state index in [1.165, 1.54) is 12.8 Å². The Bertz CT molecular complexity index is 1630. The molecule has 3 saturated heterocycles. The largest absolute Gasteiger partial charge is 0.397 e. The van der Waals surface area contributed by atoms with Crippen LogP contribution in [0.2, 0.25) is 0 Å². The number of nitrogens with one attached hydrogen (secondary N) is 2. The summed E-state index contributed by atoms with van der Waals surface area (Å²) in [5.41, 5.74) is 10.2. The van der Waals surface area contributed by atoms with E-state index in [0.29, 0.717) is 44.0 Å². The number of hydrogen-bond acceptors (Lipinski definition) is 5. The van der Waals surface area contributed by atoms with E-state index in [2.05, 4.69) is 54.1 Å². The van der Waals surface area contributed by atoms with Crippen LogP contribution in [0.5, 0.6) is 0 Å². The molecule has 3 amide bonds. The summed E-state index contributed by atoms with van der Waals surface area (Å²) in [6.07, 6.45) is 6.15. The number of aromatic nitrogens is 2. The van der Waals surface area contributed by atoms with E-state index in [1.807, 2.05) is 58.9 Å². The van der Waals surface area contributed by atoms with Crippen LogP contribution in [0.15, 0.2) is 56.2 Å². The van der Waals surface area contributed by atoms with E-state index < -0.39 is 6.04 Å². The van der Waals surface area contributed by atoms with Gasteiger partial charge in [0.15, 0.2) is 0 Å². The quantitative estimate of drug-likeness (QED) is 0.262. The van der Waals surface area contributed by atoms with Crippen molar-refractivity contribution in [1.82, 2.24) is 29.6 Å². The van der Waals surface area contributed by atoms with Crippen molar-refractivity contribution in [2.24, 2.45) is 11.8 Å². The van der Waals surface area contributed by atoms with Crippen LogP contribution >= 0.6 is 31.9 Å². The fourth-order valence-corrected chi connectivity index (χ4v) is 9.21. The third kappa shape index (κ3) is 7.70. The van der Waals surface area contributed by atoms with E-state index >= 15 is 0 Å². The molecular weight excluding hydrogens is 738 g/mol. The predicted octanol–water partition coefficient (Wildman–Crippen LogP) is 5.80. The van der Waals surface area contributed by atoms with Gasteiger partial charge < -0.3 is 30.7 Å². The standard InChI is InChI=1S/C36H47Br2N7O3/c1-23-33(27-6-4-3-5-7-27)41-36(48)45(23)28-12-18-44(19-13-28)35(47)40-31(22-24-20-29(37)32(39)30(38)21-24)34(46)43-16-10-26(11-17-43)25-8-14-42(2)15-9-25/h3-7,20-21,25-26,28,31H,8-19,22,39H2,1-2H3,(H,40,47)(H,41,48)/t31-/m0/s1. The van der Waals surface area contributed by atoms with Crippen molar-refractivity contribution >= 4 is 49.5 Å². The first-order valence-electron chi connectivity index (χ1n) is 17.2. The summed E-state index contributed by atoms with van der Waals surface area (Å²) in [4.78, 5) is 50.1. The molecule has 0 spiro atoms. The van der Waals surface area contributed by atoms with Gasteiger partial charge >= 0.3 is 11.7 Å². The maximum Gasteiger partial charge on any atom is 0.326 e. The molecular formula is C36H47Br2N7O3. The number of urea groups is 1. The lowest BCUT2D eigenvalue weighted by Crippen LogP contribution is -2.55. The zero-order valence-electron chi connectivity index (χ0n) is 27.9. The Labute approximate surface area is 299 Å². The highest BCUT2D eigenvalue weighted by Gasteiger charge is 2.35. The number of nitrogens with zero attached hydrogens (tertiary/aromatic N) is 4. The smallest absolute Gasteiger partial charge is 0.326 e. The molecule has 0 unspecified atom stereocenters. The van der Waals surface area contributed by atoms with Crippen molar-refractivity contribution in [3.8, 4) is 11.3 Å². The molecule has 0 saturated carbocycles. The Morgan fingerprint density at radius 3 is 2.06 bits per heavy atom. The van der Waals surface area contributed by atoms with Crippen molar-refractivity contribution in [1.29, 1.82) is 0 Å². The highest BCUT2D eigenvalue weighted by Crippen LogP contribution is 2.34. The molecule has 258 valence electrons. The van der Waals surface area contributed by atoms with Gasteiger partial charge in [0.05, 0.1) is 11.4 Å². The minimum absolute atomic E-state index is 0.0111. The van der Waals surface area contributed by atoms with Crippen LogP contribution in [-0.2, 0) is 11.2 Å². The molecule has 1 atom stereocenters. The van der Waals surface area contributed by atoms with Crippen LogP contribution in [0.3, 0.4) is 0 Å². The Hall–Kier alpha value is -3.09. The number of aromatic amines is 1. The first-order valence-corrected chi connectivity index (χ1v) is 18.8. The zero-order valence-corrected chi connectivity index (χ0v) is 31.1. The first kappa shape index (κ1) is 34.8. The van der Waals surface area contributed by atoms with Gasteiger partial charge in [-0.1, -0.05) is 30.3 Å². The number of anilines is 1. The minimum atomic E-state index is -0.708. The number of benzene rings is 2. The van der Waals surface area contributed by atoms with Crippen LogP contribution < -0.4 is 16.7 Å². The van der Waals surface area contributed by atoms with Crippen LogP contribution in [0, 0.1) is 18.8 Å². The fourth-order valence-electron chi connectivity index (χ4n) is 7.93. The molecule has 12 heteroatoms. The first-order chi connectivity index (χ1) is 23.1. The monoisotopic (exact) mass is 783 g/mol. The average molecular weight is 786 g/mol. The third-order valence-corrected chi connectivity index (χ3v) is 12.1. The second-order valence-electron chi connectivity index (χ2n) is 13.8. The average Bonchev–Trinajstić information content (AvgIpc) is 3.40. The van der Waals surface area contributed by atoms with Gasteiger partial charge in [-0.3, -0.25) is 9.36 Å². The second-order valence-corrected chi connectivity index (χ2v) is 15.5. The lowest BCUT2D eigenvalue weighted by atomic mass is 9.79. The number of H-pyrrole nitrogens is 1. The highest BCUT2D eigenvalue weighted by molar-refractivity contribution is 9.11. The van der Waals surface area contributed by atoms with Gasteiger partial charge in [-0.05, 0) is 133 Å². The number of amides is 3. The Kier molecular flexibility index (Phi) is 11.0. The van der Waals surface area contributed by atoms with Crippen molar-refractivity contribution in [3.63, 3.8) is 0 Å². The molecule has 3 fully saturated rings. The summed E-state index contributed by atoms with van der Waals surface area (Å²) < 4.78 is 3.34. The Morgan fingerprint density at radius 2 is 1.46 bits per heavy atom. The second kappa shape index (κ2) is 15.2. The number of rotatable bonds is 7. The van der Waals surface area contributed by atoms with Gasteiger partial charge in [0.25, 0.3) is 0 Å². The summed E-state index contributed by atoms with van der Waals surface area (Å²) >= 11 is 7.07. The van der Waals surface area contributed by atoms with E-state index in [1.54, 1.807) is 4.90 Å². The van der Waals surface area contributed by atoms with Crippen LogP contribution in [0.4, 0.5) is 10.5 Å². The van der Waals surface area contributed by atoms with Crippen molar-refractivity contribution < 1.29 is 9.59 Å². The van der Waals surface area contributed by atoms with E-state index in [0.717, 1.165) is 76.4 Å². The lowest BCUT2D eigenvalue weighted by molar-refractivity contribution is -0.135. The predicted molar refractivity (Wildman–Crippen MR) is 197 cm³/mol. The van der Waals surface area contributed by atoms with E-state index in [9.17, 15) is 14.4 Å². The summed E-state index contributed by atoms with van der Waals surface area (Å²) in [5.74, 6) is 1.35. The Balaban J connectivity index is 1.12. The van der Waals surface area contributed by atoms with Gasteiger partial charge in [0.2, 0.25) is 5.91 Å². The lowest BCUT2D eigenvalue weighted by Gasteiger charge is -2.40. The molecule has 0 aliphatic carbocycles. The molecule has 1 aromatic heterocycles. The van der Waals surface area contributed by atoms with Crippen molar-refractivity contribution in [2.75, 3.05) is 52.0 Å². The summed E-state index contributed by atoms with van der Waals surface area (Å²) in [6.45, 7) is 6.71. The highest BCUT2D eigenvalue weighted by atomic mass is 79.9. The van der Waals surface area contributed by atoms with Gasteiger partial charge in [0.1, 0.15) is 6.04 Å². The number of piperidine rings is 3. The Morgan fingerprint density at radius 1 is 0.896 bits per heavy atom. The number of halogens is 2. The molecule has 2 aromatic carbocycles. The molecule has 10 nitrogen and oxygen atoms in total. The SMILES string of the molecule is Cc1c(-c2ccccc2)[nH]c(=O)n1C1CCN(C(=O)N[C@@H](Cc2cc(Br)c(N)c(Br)c2)C(=O)N2CCC(C3CCN(C)CC3)CC2)CC1. The maximum atomic E-state index is 14.1. The third-order valence-electron chi connectivity index (χ3n) is 10.8. The van der Waals surface area contributed by atoms with E-state index in [-0.39, 0.29) is 23.7 Å². The molecule has 4 heterocycles. The minimum Gasteiger partial charge on any atom is -0.397 e. The normalized spacial score (nSPS) is 19.4. The van der Waals surface area contributed by atoms with Gasteiger partial charge in [-0.15, -0.1) is 0 Å². The molecule has 3 aromatic rings. The van der Waals surface area contributed by atoms with Gasteiger partial charge in [0, 0.05) is 53.3 Å². The molecule has 3 aliphatic heterocycles. The van der Waals surface area contributed by atoms with Gasteiger partial charge in [-0.25, -0.2) is 9.59 Å². The number of carbonyl (C=O) groups is 2. The van der Waals surface area contributed by atoms with Crippen LogP contribution in [0.1, 0.15) is 55.8 Å². The molecule has 0 bridgehead atoms. The summed E-state index contributed by atoms with van der Waals surface area (Å²) in [5, 5.41) is 3.12. The number of carbonyl (C=O) groups excluding carboxylic acids is 2. The number of likely N-dealkylation sites (tertiary alicyclic amines) is 3. The molecule has 6 rings (SSSR count). The van der Waals surface area contributed by atoms with Crippen LogP contribution in [-0.4, -0.2) is 88.5 Å². The molecule has 4 N–H and O–H groups in total. The number of hydrogen-bond donors (Lipinski definition) is 3.